The highest BCUT2D eigenvalue weighted by Crippen LogP contribution is 2.49. The van der Waals surface area contributed by atoms with E-state index in [1.807, 2.05) is 0 Å². The van der Waals surface area contributed by atoms with Crippen molar-refractivity contribution in [2.24, 2.45) is 17.3 Å². The molecule has 1 aliphatic heterocycles. The molecule has 0 N–H and O–H groups in total. The van der Waals surface area contributed by atoms with Crippen molar-refractivity contribution in [3.63, 3.8) is 0 Å². The van der Waals surface area contributed by atoms with Crippen LogP contribution in [0.1, 0.15) is 46.0 Å². The Morgan fingerprint density at radius 1 is 1.23 bits per heavy atom. The zero-order valence-corrected chi connectivity index (χ0v) is 9.01. The Morgan fingerprint density at radius 2 is 2.08 bits per heavy atom. The molecule has 0 amide bonds. The molecule has 0 aromatic carbocycles. The molecule has 76 valence electrons. The van der Waals surface area contributed by atoms with Crippen molar-refractivity contribution in [1.82, 2.24) is 0 Å². The van der Waals surface area contributed by atoms with Gasteiger partial charge in [-0.05, 0) is 36.5 Å². The minimum Gasteiger partial charge on any atom is -0.381 e. The van der Waals surface area contributed by atoms with E-state index in [1.165, 1.54) is 32.1 Å². The van der Waals surface area contributed by atoms with Gasteiger partial charge in [0.15, 0.2) is 0 Å². The van der Waals surface area contributed by atoms with E-state index in [-0.39, 0.29) is 0 Å². The van der Waals surface area contributed by atoms with Crippen molar-refractivity contribution in [3.8, 4) is 0 Å². The first kappa shape index (κ1) is 9.51. The average molecular weight is 182 g/mol. The average Bonchev–Trinajstić information content (AvgIpc) is 2.54. The molecule has 1 nitrogen and oxygen atoms in total. The van der Waals surface area contributed by atoms with Crippen LogP contribution < -0.4 is 0 Å². The topological polar surface area (TPSA) is 9.23 Å². The molecule has 0 bridgehead atoms. The quantitative estimate of drug-likeness (QED) is 0.605. The minimum atomic E-state index is 0.590. The van der Waals surface area contributed by atoms with Gasteiger partial charge in [0.25, 0.3) is 0 Å². The number of ether oxygens (including phenoxy) is 1. The van der Waals surface area contributed by atoms with Crippen LogP contribution in [0, 0.1) is 17.3 Å². The molecule has 2 rings (SSSR count). The first-order valence-corrected chi connectivity index (χ1v) is 5.82. The van der Waals surface area contributed by atoms with E-state index in [0.29, 0.717) is 5.41 Å². The molecular formula is C12H22O. The highest BCUT2D eigenvalue weighted by molar-refractivity contribution is 4.93. The van der Waals surface area contributed by atoms with Gasteiger partial charge >= 0.3 is 0 Å². The van der Waals surface area contributed by atoms with Crippen LogP contribution in [0.5, 0.6) is 0 Å². The Labute approximate surface area is 81.9 Å². The van der Waals surface area contributed by atoms with Crippen molar-refractivity contribution < 1.29 is 4.74 Å². The maximum atomic E-state index is 5.62. The Hall–Kier alpha value is -0.0400. The van der Waals surface area contributed by atoms with E-state index in [9.17, 15) is 0 Å². The molecule has 1 saturated heterocycles. The van der Waals surface area contributed by atoms with Crippen LogP contribution in [-0.4, -0.2) is 13.2 Å². The van der Waals surface area contributed by atoms with Crippen molar-refractivity contribution in [2.45, 2.75) is 46.0 Å². The van der Waals surface area contributed by atoms with Gasteiger partial charge in [0.05, 0.1) is 6.61 Å². The molecule has 1 heterocycles. The second-order valence-corrected chi connectivity index (χ2v) is 5.26. The van der Waals surface area contributed by atoms with Gasteiger partial charge in [0.2, 0.25) is 0 Å². The summed E-state index contributed by atoms with van der Waals surface area (Å²) in [7, 11) is 0. The lowest BCUT2D eigenvalue weighted by Crippen LogP contribution is -2.37. The Bertz CT molecular complexity index is 168. The van der Waals surface area contributed by atoms with Crippen LogP contribution in [-0.2, 0) is 4.74 Å². The van der Waals surface area contributed by atoms with Crippen molar-refractivity contribution in [2.75, 3.05) is 13.2 Å². The summed E-state index contributed by atoms with van der Waals surface area (Å²) in [6.45, 7) is 6.84. The van der Waals surface area contributed by atoms with Crippen molar-refractivity contribution in [1.29, 1.82) is 0 Å². The van der Waals surface area contributed by atoms with Crippen LogP contribution in [0.15, 0.2) is 0 Å². The SMILES string of the molecule is CC(C)C1CCCCC12CCOC2. The minimum absolute atomic E-state index is 0.590. The molecule has 1 saturated carbocycles. The predicted octanol–water partition coefficient (Wildman–Crippen LogP) is 3.24. The fourth-order valence-corrected chi connectivity index (χ4v) is 3.49. The predicted molar refractivity (Wildman–Crippen MR) is 54.7 cm³/mol. The monoisotopic (exact) mass is 182 g/mol. The Balaban J connectivity index is 2.12. The van der Waals surface area contributed by atoms with Gasteiger partial charge in [-0.3, -0.25) is 0 Å². The van der Waals surface area contributed by atoms with Crippen LogP contribution in [0.4, 0.5) is 0 Å². The summed E-state index contributed by atoms with van der Waals surface area (Å²) < 4.78 is 5.62. The highest BCUT2D eigenvalue weighted by atomic mass is 16.5. The molecule has 2 unspecified atom stereocenters. The van der Waals surface area contributed by atoms with Gasteiger partial charge in [-0.25, -0.2) is 0 Å². The molecule has 2 fully saturated rings. The van der Waals surface area contributed by atoms with Gasteiger partial charge in [0.1, 0.15) is 0 Å². The van der Waals surface area contributed by atoms with E-state index in [1.54, 1.807) is 0 Å². The molecule has 0 radical (unpaired) electrons. The van der Waals surface area contributed by atoms with Gasteiger partial charge in [-0.1, -0.05) is 26.7 Å². The summed E-state index contributed by atoms with van der Waals surface area (Å²) >= 11 is 0. The largest absolute Gasteiger partial charge is 0.381 e. The van der Waals surface area contributed by atoms with E-state index in [0.717, 1.165) is 25.0 Å². The summed E-state index contributed by atoms with van der Waals surface area (Å²) in [6, 6.07) is 0. The van der Waals surface area contributed by atoms with Crippen LogP contribution >= 0.6 is 0 Å². The Kier molecular flexibility index (Phi) is 2.64. The van der Waals surface area contributed by atoms with Gasteiger partial charge in [0, 0.05) is 6.61 Å². The molecule has 0 aromatic heterocycles. The van der Waals surface area contributed by atoms with Crippen LogP contribution in [0.3, 0.4) is 0 Å². The van der Waals surface area contributed by atoms with Gasteiger partial charge < -0.3 is 4.74 Å². The second kappa shape index (κ2) is 3.61. The smallest absolute Gasteiger partial charge is 0.0526 e. The Morgan fingerprint density at radius 3 is 2.69 bits per heavy atom. The molecule has 0 aromatic rings. The summed E-state index contributed by atoms with van der Waals surface area (Å²) in [4.78, 5) is 0. The fraction of sp³-hybridized carbons (Fsp3) is 1.00. The zero-order valence-electron chi connectivity index (χ0n) is 9.01. The normalized spacial score (nSPS) is 40.4. The van der Waals surface area contributed by atoms with Crippen LogP contribution in [0.2, 0.25) is 0 Å². The summed E-state index contributed by atoms with van der Waals surface area (Å²) in [5.74, 6) is 1.78. The molecule has 1 heteroatoms. The molecule has 13 heavy (non-hydrogen) atoms. The number of hydrogen-bond acceptors (Lipinski definition) is 1. The molecule has 2 atom stereocenters. The number of hydrogen-bond donors (Lipinski definition) is 0. The maximum absolute atomic E-state index is 5.62. The molecular weight excluding hydrogens is 160 g/mol. The first-order valence-electron chi connectivity index (χ1n) is 5.82. The molecule has 2 aliphatic rings. The summed E-state index contributed by atoms with van der Waals surface area (Å²) in [5, 5.41) is 0. The summed E-state index contributed by atoms with van der Waals surface area (Å²) in [6.07, 6.45) is 7.09. The highest BCUT2D eigenvalue weighted by Gasteiger charge is 2.44. The molecule has 1 spiro atoms. The maximum Gasteiger partial charge on any atom is 0.0526 e. The van der Waals surface area contributed by atoms with Gasteiger partial charge in [-0.2, -0.15) is 0 Å². The fourth-order valence-electron chi connectivity index (χ4n) is 3.49. The van der Waals surface area contributed by atoms with Crippen LogP contribution in [0.25, 0.3) is 0 Å². The van der Waals surface area contributed by atoms with Crippen molar-refractivity contribution >= 4 is 0 Å². The number of rotatable bonds is 1. The van der Waals surface area contributed by atoms with E-state index >= 15 is 0 Å². The van der Waals surface area contributed by atoms with E-state index in [4.69, 9.17) is 4.74 Å². The first-order chi connectivity index (χ1) is 6.25. The van der Waals surface area contributed by atoms with E-state index in [2.05, 4.69) is 13.8 Å². The second-order valence-electron chi connectivity index (χ2n) is 5.26. The van der Waals surface area contributed by atoms with Crippen molar-refractivity contribution in [3.05, 3.63) is 0 Å². The standard InChI is InChI=1S/C12H22O/c1-10(2)11-5-3-4-6-12(11)7-8-13-9-12/h10-11H,3-9H2,1-2H3. The third-order valence-corrected chi connectivity index (χ3v) is 4.16. The zero-order chi connectivity index (χ0) is 9.31. The lowest BCUT2D eigenvalue weighted by molar-refractivity contribution is 0.0411. The summed E-state index contributed by atoms with van der Waals surface area (Å²) in [5.41, 5.74) is 0.590. The van der Waals surface area contributed by atoms with Gasteiger partial charge in [-0.15, -0.1) is 0 Å². The third-order valence-electron chi connectivity index (χ3n) is 4.16. The molecule has 1 aliphatic carbocycles. The van der Waals surface area contributed by atoms with E-state index < -0.39 is 0 Å². The lowest BCUT2D eigenvalue weighted by atomic mass is 9.62. The lowest BCUT2D eigenvalue weighted by Gasteiger charge is -2.42. The third kappa shape index (κ3) is 1.63.